The van der Waals surface area contributed by atoms with E-state index in [1.807, 2.05) is 0 Å². The second-order valence-electron chi connectivity index (χ2n) is 5.77. The minimum Gasteiger partial charge on any atom is -0.340 e. The van der Waals surface area contributed by atoms with Gasteiger partial charge >= 0.3 is 0 Å². The van der Waals surface area contributed by atoms with Crippen LogP contribution in [0.2, 0.25) is 0 Å². The fraction of sp³-hybridized carbons (Fsp3) is 0.533. The van der Waals surface area contributed by atoms with Crippen molar-refractivity contribution in [2.45, 2.75) is 18.2 Å². The summed E-state index contributed by atoms with van der Waals surface area (Å²) >= 11 is 0. The molecule has 134 valence electrons. The molecule has 1 aliphatic rings. The molecular formula is C15H22N2O5S2. The standard InChI is InChI=1S/C15H22N2O5S2/c1-3-24(21,22)17-10-8-16(9-11-17)15(18)12-13-4-6-14(7-5-13)23(2,19)20/h4-7H,3,8-12H2,1-2H3. The Morgan fingerprint density at radius 3 is 2.00 bits per heavy atom. The van der Waals surface area contributed by atoms with Crippen LogP contribution in [0.15, 0.2) is 29.2 Å². The Labute approximate surface area is 143 Å². The molecule has 0 aliphatic carbocycles. The van der Waals surface area contributed by atoms with Crippen LogP contribution in [-0.2, 0) is 31.1 Å². The number of carbonyl (C=O) groups excluding carboxylic acids is 1. The number of amides is 1. The van der Waals surface area contributed by atoms with E-state index in [4.69, 9.17) is 0 Å². The topological polar surface area (TPSA) is 91.8 Å². The highest BCUT2D eigenvalue weighted by molar-refractivity contribution is 7.90. The molecular weight excluding hydrogens is 352 g/mol. The minimum absolute atomic E-state index is 0.0631. The maximum absolute atomic E-state index is 12.3. The third-order valence-electron chi connectivity index (χ3n) is 4.06. The Morgan fingerprint density at radius 1 is 1.00 bits per heavy atom. The molecule has 1 heterocycles. The van der Waals surface area contributed by atoms with E-state index in [1.54, 1.807) is 24.0 Å². The van der Waals surface area contributed by atoms with Crippen LogP contribution in [0.25, 0.3) is 0 Å². The largest absolute Gasteiger partial charge is 0.340 e. The molecule has 0 spiro atoms. The van der Waals surface area contributed by atoms with Gasteiger partial charge in [0.15, 0.2) is 9.84 Å². The molecule has 0 aromatic heterocycles. The quantitative estimate of drug-likeness (QED) is 0.730. The van der Waals surface area contributed by atoms with Gasteiger partial charge in [0.2, 0.25) is 15.9 Å². The van der Waals surface area contributed by atoms with E-state index < -0.39 is 19.9 Å². The smallest absolute Gasteiger partial charge is 0.227 e. The summed E-state index contributed by atoms with van der Waals surface area (Å²) in [5, 5.41) is 0. The maximum atomic E-state index is 12.3. The molecule has 0 N–H and O–H groups in total. The number of nitrogens with zero attached hydrogens (tertiary/aromatic N) is 2. The van der Waals surface area contributed by atoms with Crippen molar-refractivity contribution in [3.8, 4) is 0 Å². The van der Waals surface area contributed by atoms with Gasteiger partial charge in [0.1, 0.15) is 0 Å². The van der Waals surface area contributed by atoms with Gasteiger partial charge in [0, 0.05) is 32.4 Å². The molecule has 1 saturated heterocycles. The number of sulfonamides is 1. The van der Waals surface area contributed by atoms with E-state index in [9.17, 15) is 21.6 Å². The van der Waals surface area contributed by atoms with Gasteiger partial charge in [-0.3, -0.25) is 4.79 Å². The van der Waals surface area contributed by atoms with Crippen molar-refractivity contribution in [2.24, 2.45) is 0 Å². The molecule has 9 heteroatoms. The highest BCUT2D eigenvalue weighted by Gasteiger charge is 2.27. The zero-order valence-corrected chi connectivity index (χ0v) is 15.4. The average Bonchev–Trinajstić information content (AvgIpc) is 2.54. The second-order valence-corrected chi connectivity index (χ2v) is 10.0. The Hall–Kier alpha value is -1.45. The minimum atomic E-state index is -3.25. The number of hydrogen-bond acceptors (Lipinski definition) is 5. The summed E-state index contributed by atoms with van der Waals surface area (Å²) in [5.74, 6) is -0.0242. The van der Waals surface area contributed by atoms with Crippen molar-refractivity contribution >= 4 is 25.8 Å². The molecule has 1 fully saturated rings. The predicted octanol–water partition coefficient (Wildman–Crippen LogP) is 0.127. The Morgan fingerprint density at radius 2 is 1.54 bits per heavy atom. The van der Waals surface area contributed by atoms with Crippen LogP contribution in [0.5, 0.6) is 0 Å². The molecule has 0 unspecified atom stereocenters. The van der Waals surface area contributed by atoms with Gasteiger partial charge < -0.3 is 4.90 Å². The first-order valence-corrected chi connectivity index (χ1v) is 11.2. The zero-order chi connectivity index (χ0) is 18.0. The van der Waals surface area contributed by atoms with Gasteiger partial charge in [0.05, 0.1) is 17.1 Å². The van der Waals surface area contributed by atoms with Crippen molar-refractivity contribution < 1.29 is 21.6 Å². The molecule has 0 bridgehead atoms. The summed E-state index contributed by atoms with van der Waals surface area (Å²) in [7, 11) is -6.46. The fourth-order valence-electron chi connectivity index (χ4n) is 2.54. The van der Waals surface area contributed by atoms with Crippen LogP contribution >= 0.6 is 0 Å². The van der Waals surface area contributed by atoms with Crippen molar-refractivity contribution in [1.82, 2.24) is 9.21 Å². The Kier molecular flexibility index (Phi) is 5.67. The van der Waals surface area contributed by atoms with E-state index in [-0.39, 0.29) is 23.0 Å². The molecule has 1 aromatic rings. The van der Waals surface area contributed by atoms with Crippen molar-refractivity contribution in [2.75, 3.05) is 38.2 Å². The van der Waals surface area contributed by atoms with Crippen LogP contribution in [0, 0.1) is 0 Å². The summed E-state index contributed by atoms with van der Waals surface area (Å²) in [5.41, 5.74) is 0.732. The lowest BCUT2D eigenvalue weighted by atomic mass is 10.1. The number of benzene rings is 1. The lowest BCUT2D eigenvalue weighted by Gasteiger charge is -2.33. The lowest BCUT2D eigenvalue weighted by Crippen LogP contribution is -2.51. The summed E-state index contributed by atoms with van der Waals surface area (Å²) in [6.07, 6.45) is 1.31. The Bertz CT molecular complexity index is 793. The van der Waals surface area contributed by atoms with E-state index in [0.29, 0.717) is 26.2 Å². The van der Waals surface area contributed by atoms with Crippen LogP contribution in [0.4, 0.5) is 0 Å². The molecule has 7 nitrogen and oxygen atoms in total. The molecule has 24 heavy (non-hydrogen) atoms. The van der Waals surface area contributed by atoms with Crippen molar-refractivity contribution in [3.63, 3.8) is 0 Å². The normalized spacial score (nSPS) is 17.0. The molecule has 0 atom stereocenters. The van der Waals surface area contributed by atoms with Crippen molar-refractivity contribution in [1.29, 1.82) is 0 Å². The third kappa shape index (κ3) is 4.55. The van der Waals surface area contributed by atoms with Crippen LogP contribution in [0.1, 0.15) is 12.5 Å². The monoisotopic (exact) mass is 374 g/mol. The van der Waals surface area contributed by atoms with Gasteiger partial charge in [0.25, 0.3) is 0 Å². The number of rotatable bonds is 5. The number of sulfone groups is 1. The molecule has 1 aliphatic heterocycles. The summed E-state index contributed by atoms with van der Waals surface area (Å²) in [4.78, 5) is 14.2. The lowest BCUT2D eigenvalue weighted by molar-refractivity contribution is -0.131. The van der Waals surface area contributed by atoms with Crippen LogP contribution in [-0.4, -0.2) is 70.1 Å². The molecule has 0 radical (unpaired) electrons. The Balaban J connectivity index is 1.95. The number of piperazine rings is 1. The van der Waals surface area contributed by atoms with E-state index in [0.717, 1.165) is 11.8 Å². The number of carbonyl (C=O) groups is 1. The fourth-order valence-corrected chi connectivity index (χ4v) is 4.25. The van der Waals surface area contributed by atoms with Crippen LogP contribution < -0.4 is 0 Å². The van der Waals surface area contributed by atoms with Crippen LogP contribution in [0.3, 0.4) is 0 Å². The second kappa shape index (κ2) is 7.20. The zero-order valence-electron chi connectivity index (χ0n) is 13.8. The average molecular weight is 374 g/mol. The van der Waals surface area contributed by atoms with Gasteiger partial charge in [-0.2, -0.15) is 4.31 Å². The van der Waals surface area contributed by atoms with Crippen molar-refractivity contribution in [3.05, 3.63) is 29.8 Å². The first-order valence-electron chi connectivity index (χ1n) is 7.68. The highest BCUT2D eigenvalue weighted by Crippen LogP contribution is 2.13. The maximum Gasteiger partial charge on any atom is 0.227 e. The molecule has 0 saturated carbocycles. The molecule has 1 aromatic carbocycles. The summed E-state index contributed by atoms with van der Waals surface area (Å²) in [6.45, 7) is 2.98. The van der Waals surface area contributed by atoms with Gasteiger partial charge in [-0.15, -0.1) is 0 Å². The van der Waals surface area contributed by atoms with Gasteiger partial charge in [-0.25, -0.2) is 16.8 Å². The van der Waals surface area contributed by atoms with Gasteiger partial charge in [-0.1, -0.05) is 12.1 Å². The summed E-state index contributed by atoms with van der Waals surface area (Å²) < 4.78 is 47.9. The van der Waals surface area contributed by atoms with E-state index in [1.165, 1.54) is 16.4 Å². The van der Waals surface area contributed by atoms with Gasteiger partial charge in [-0.05, 0) is 24.6 Å². The predicted molar refractivity (Wildman–Crippen MR) is 90.9 cm³/mol. The van der Waals surface area contributed by atoms with E-state index >= 15 is 0 Å². The summed E-state index contributed by atoms with van der Waals surface area (Å²) in [6, 6.07) is 6.24. The first-order chi connectivity index (χ1) is 11.1. The molecule has 2 rings (SSSR count). The first kappa shape index (κ1) is 18.9. The third-order valence-corrected chi connectivity index (χ3v) is 7.07. The molecule has 1 amide bonds. The number of hydrogen-bond donors (Lipinski definition) is 0. The SMILES string of the molecule is CCS(=O)(=O)N1CCN(C(=O)Cc2ccc(S(C)(=O)=O)cc2)CC1. The highest BCUT2D eigenvalue weighted by atomic mass is 32.2. The van der Waals surface area contributed by atoms with E-state index in [2.05, 4.69) is 0 Å².